The molecule has 24 heavy (non-hydrogen) atoms. The first-order valence-electron chi connectivity index (χ1n) is 7.66. The molecule has 1 aliphatic heterocycles. The lowest BCUT2D eigenvalue weighted by molar-refractivity contribution is -0.127. The van der Waals surface area contributed by atoms with Crippen LogP contribution < -0.4 is 4.90 Å². The van der Waals surface area contributed by atoms with Gasteiger partial charge in [0.15, 0.2) is 0 Å². The number of halogens is 2. The van der Waals surface area contributed by atoms with Crippen molar-refractivity contribution in [3.8, 4) is 0 Å². The largest absolute Gasteiger partial charge is 0.324 e. The first-order valence-corrected chi connectivity index (χ1v) is 8.41. The van der Waals surface area contributed by atoms with Crippen LogP contribution in [0.2, 0.25) is 10.0 Å². The molecule has 124 valence electrons. The molecule has 0 saturated carbocycles. The standard InChI is InChI=1S/C18H16Cl2N2O2/c19-13-5-3-6-14(11-13)22(12-21-10-4-9-17(21)23)18(24)15-7-1-2-8-16(15)20/h1-3,5-8,11H,4,9-10,12H2. The Balaban J connectivity index is 1.96. The molecule has 1 fully saturated rings. The normalized spacial score (nSPS) is 14.1. The van der Waals surface area contributed by atoms with Gasteiger partial charge >= 0.3 is 0 Å². The minimum absolute atomic E-state index is 0.0500. The summed E-state index contributed by atoms with van der Waals surface area (Å²) in [5, 5.41) is 0.902. The topological polar surface area (TPSA) is 40.6 Å². The molecule has 4 nitrogen and oxygen atoms in total. The number of anilines is 1. The number of carbonyl (C=O) groups excluding carboxylic acids is 2. The lowest BCUT2D eigenvalue weighted by Crippen LogP contribution is -2.42. The Bertz CT molecular complexity index is 779. The molecule has 1 saturated heterocycles. The molecule has 0 radical (unpaired) electrons. The quantitative estimate of drug-likeness (QED) is 0.816. The summed E-state index contributed by atoms with van der Waals surface area (Å²) in [6.45, 7) is 0.828. The number of amides is 2. The van der Waals surface area contributed by atoms with Crippen LogP contribution in [-0.4, -0.2) is 29.9 Å². The highest BCUT2D eigenvalue weighted by molar-refractivity contribution is 6.34. The summed E-state index contributed by atoms with van der Waals surface area (Å²) in [6.07, 6.45) is 1.33. The van der Waals surface area contributed by atoms with E-state index in [1.165, 1.54) is 4.90 Å². The first kappa shape index (κ1) is 16.8. The molecule has 0 aliphatic carbocycles. The third-order valence-electron chi connectivity index (χ3n) is 3.95. The first-order chi connectivity index (χ1) is 11.6. The van der Waals surface area contributed by atoms with E-state index in [1.807, 2.05) is 0 Å². The Hall–Kier alpha value is -2.04. The highest BCUT2D eigenvalue weighted by atomic mass is 35.5. The summed E-state index contributed by atoms with van der Waals surface area (Å²) < 4.78 is 0. The molecule has 1 heterocycles. The van der Waals surface area contributed by atoms with Gasteiger partial charge in [-0.15, -0.1) is 0 Å². The van der Waals surface area contributed by atoms with E-state index in [9.17, 15) is 9.59 Å². The van der Waals surface area contributed by atoms with Crippen molar-refractivity contribution < 1.29 is 9.59 Å². The van der Waals surface area contributed by atoms with E-state index in [4.69, 9.17) is 23.2 Å². The van der Waals surface area contributed by atoms with Crippen LogP contribution in [-0.2, 0) is 4.79 Å². The van der Waals surface area contributed by atoms with Crippen molar-refractivity contribution in [2.75, 3.05) is 18.1 Å². The Kier molecular flexibility index (Phi) is 5.07. The van der Waals surface area contributed by atoms with Gasteiger partial charge in [0.1, 0.15) is 6.67 Å². The fraction of sp³-hybridized carbons (Fsp3) is 0.222. The highest BCUT2D eigenvalue weighted by Crippen LogP contribution is 2.25. The van der Waals surface area contributed by atoms with Gasteiger partial charge in [-0.1, -0.05) is 41.4 Å². The summed E-state index contributed by atoms with van der Waals surface area (Å²) in [5.41, 5.74) is 1.03. The molecular formula is C18H16Cl2N2O2. The van der Waals surface area contributed by atoms with E-state index < -0.39 is 0 Å². The highest BCUT2D eigenvalue weighted by Gasteiger charge is 2.27. The van der Waals surface area contributed by atoms with E-state index in [1.54, 1.807) is 53.4 Å². The van der Waals surface area contributed by atoms with Crippen LogP contribution >= 0.6 is 23.2 Å². The number of hydrogen-bond acceptors (Lipinski definition) is 2. The molecule has 2 aromatic carbocycles. The maximum absolute atomic E-state index is 13.0. The molecule has 3 rings (SSSR count). The van der Waals surface area contributed by atoms with Crippen LogP contribution in [0.15, 0.2) is 48.5 Å². The molecule has 2 amide bonds. The van der Waals surface area contributed by atoms with Crippen molar-refractivity contribution >= 4 is 40.7 Å². The van der Waals surface area contributed by atoms with Crippen molar-refractivity contribution in [1.29, 1.82) is 0 Å². The Labute approximate surface area is 150 Å². The van der Waals surface area contributed by atoms with Crippen LogP contribution in [0.3, 0.4) is 0 Å². The second-order valence-corrected chi connectivity index (χ2v) is 6.44. The molecular weight excluding hydrogens is 347 g/mol. The number of hydrogen-bond donors (Lipinski definition) is 0. The van der Waals surface area contributed by atoms with Crippen LogP contribution in [0.5, 0.6) is 0 Å². The van der Waals surface area contributed by atoms with Crippen LogP contribution in [0.4, 0.5) is 5.69 Å². The van der Waals surface area contributed by atoms with Gasteiger partial charge in [0.05, 0.1) is 10.6 Å². The Morgan fingerprint density at radius 2 is 1.92 bits per heavy atom. The van der Waals surface area contributed by atoms with E-state index in [0.717, 1.165) is 6.42 Å². The Morgan fingerprint density at radius 3 is 2.58 bits per heavy atom. The van der Waals surface area contributed by atoms with Crippen molar-refractivity contribution in [3.63, 3.8) is 0 Å². The van der Waals surface area contributed by atoms with Gasteiger partial charge < -0.3 is 4.90 Å². The number of carbonyl (C=O) groups is 2. The summed E-state index contributed by atoms with van der Waals surface area (Å²) in [5.74, 6) is -0.212. The van der Waals surface area contributed by atoms with E-state index in [-0.39, 0.29) is 18.5 Å². The van der Waals surface area contributed by atoms with Gasteiger partial charge in [0.2, 0.25) is 5.91 Å². The molecule has 6 heteroatoms. The van der Waals surface area contributed by atoms with Gasteiger partial charge in [-0.05, 0) is 36.8 Å². The lowest BCUT2D eigenvalue weighted by Gasteiger charge is -2.28. The molecule has 0 unspecified atom stereocenters. The van der Waals surface area contributed by atoms with Gasteiger partial charge in [0.25, 0.3) is 5.91 Å². The van der Waals surface area contributed by atoms with Gasteiger partial charge in [0, 0.05) is 23.7 Å². The fourth-order valence-electron chi connectivity index (χ4n) is 2.71. The van der Waals surface area contributed by atoms with Gasteiger partial charge in [-0.25, -0.2) is 0 Å². The molecule has 0 spiro atoms. The third kappa shape index (κ3) is 3.55. The van der Waals surface area contributed by atoms with Crippen LogP contribution in [0.1, 0.15) is 23.2 Å². The minimum atomic E-state index is -0.262. The smallest absolute Gasteiger partial charge is 0.261 e. The number of rotatable bonds is 4. The molecule has 0 aromatic heterocycles. The second-order valence-electron chi connectivity index (χ2n) is 5.60. The predicted octanol–water partition coefficient (Wildman–Crippen LogP) is 4.22. The monoisotopic (exact) mass is 362 g/mol. The number of nitrogens with zero attached hydrogens (tertiary/aromatic N) is 2. The van der Waals surface area contributed by atoms with Crippen molar-refractivity contribution in [2.45, 2.75) is 12.8 Å². The molecule has 2 aromatic rings. The molecule has 0 atom stereocenters. The average molecular weight is 363 g/mol. The summed E-state index contributed by atoms with van der Waals surface area (Å²) in [7, 11) is 0. The maximum Gasteiger partial charge on any atom is 0.261 e. The fourth-order valence-corrected chi connectivity index (χ4v) is 3.11. The van der Waals surface area contributed by atoms with E-state index >= 15 is 0 Å². The zero-order valence-corrected chi connectivity index (χ0v) is 14.4. The molecule has 1 aliphatic rings. The zero-order valence-electron chi connectivity index (χ0n) is 12.9. The Morgan fingerprint density at radius 1 is 1.12 bits per heavy atom. The molecule has 0 bridgehead atoms. The maximum atomic E-state index is 13.0. The SMILES string of the molecule is O=C1CCCN1CN(C(=O)c1ccccc1Cl)c1cccc(Cl)c1. The second kappa shape index (κ2) is 7.24. The van der Waals surface area contributed by atoms with Crippen LogP contribution in [0, 0.1) is 0 Å². The number of likely N-dealkylation sites (tertiary alicyclic amines) is 1. The van der Waals surface area contributed by atoms with Gasteiger partial charge in [-0.3, -0.25) is 14.5 Å². The van der Waals surface area contributed by atoms with Crippen molar-refractivity contribution in [3.05, 3.63) is 64.1 Å². The number of benzene rings is 2. The average Bonchev–Trinajstić information content (AvgIpc) is 2.97. The summed E-state index contributed by atoms with van der Waals surface area (Å²) in [6, 6.07) is 13.9. The van der Waals surface area contributed by atoms with Gasteiger partial charge in [-0.2, -0.15) is 0 Å². The zero-order chi connectivity index (χ0) is 17.1. The van der Waals surface area contributed by atoms with E-state index in [2.05, 4.69) is 0 Å². The molecule has 0 N–H and O–H groups in total. The van der Waals surface area contributed by atoms with E-state index in [0.29, 0.717) is 34.3 Å². The summed E-state index contributed by atoms with van der Waals surface area (Å²) in [4.78, 5) is 28.2. The third-order valence-corrected chi connectivity index (χ3v) is 4.52. The van der Waals surface area contributed by atoms with Crippen LogP contribution in [0.25, 0.3) is 0 Å². The summed E-state index contributed by atoms with van der Waals surface area (Å²) >= 11 is 12.2. The predicted molar refractivity (Wildman–Crippen MR) is 95.5 cm³/mol. The van der Waals surface area contributed by atoms with Crippen molar-refractivity contribution in [1.82, 2.24) is 4.90 Å². The lowest BCUT2D eigenvalue weighted by atomic mass is 10.2. The van der Waals surface area contributed by atoms with Crippen molar-refractivity contribution in [2.24, 2.45) is 0 Å². The minimum Gasteiger partial charge on any atom is -0.324 e.